The molecule has 0 N–H and O–H groups in total. The van der Waals surface area contributed by atoms with Gasteiger partial charge in [0.25, 0.3) is 5.91 Å². The van der Waals surface area contributed by atoms with E-state index in [-0.39, 0.29) is 24.1 Å². The summed E-state index contributed by atoms with van der Waals surface area (Å²) in [5, 5.41) is 9.46. The fourth-order valence-corrected chi connectivity index (χ4v) is 5.09. The summed E-state index contributed by atoms with van der Waals surface area (Å²) >= 11 is 6.31. The summed E-state index contributed by atoms with van der Waals surface area (Å²) in [7, 11) is 0. The number of hydrogen-bond donors (Lipinski definition) is 0. The number of hydrogen-bond acceptors (Lipinski definition) is 8. The third-order valence-electron chi connectivity index (χ3n) is 7.11. The Kier molecular flexibility index (Phi) is 9.08. The van der Waals surface area contributed by atoms with Crippen molar-refractivity contribution < 1.29 is 18.7 Å². The molecule has 2 amide bonds. The van der Waals surface area contributed by atoms with Crippen LogP contribution in [0.1, 0.15) is 17.0 Å². The van der Waals surface area contributed by atoms with E-state index in [0.717, 1.165) is 43.1 Å². The Bertz CT molecular complexity index is 1230. The zero-order valence-electron chi connectivity index (χ0n) is 21.9. The highest BCUT2D eigenvalue weighted by Gasteiger charge is 2.26. The minimum absolute atomic E-state index is 0.0101. The first-order chi connectivity index (χ1) is 19.1. The lowest BCUT2D eigenvalue weighted by molar-refractivity contribution is -0.131. The van der Waals surface area contributed by atoms with Crippen molar-refractivity contribution in [2.75, 3.05) is 77.0 Å². The van der Waals surface area contributed by atoms with Crippen molar-refractivity contribution in [2.24, 2.45) is 0 Å². The molecule has 5 rings (SSSR count). The Balaban J connectivity index is 1.19. The number of amides is 2. The number of nitrogens with zero attached hydrogens (tertiary/aromatic N) is 6. The van der Waals surface area contributed by atoms with Gasteiger partial charge < -0.3 is 23.9 Å². The zero-order valence-corrected chi connectivity index (χ0v) is 22.6. The number of rotatable bonds is 8. The smallest absolute Gasteiger partial charge is 0.290 e. The maximum Gasteiger partial charge on any atom is 0.290 e. The van der Waals surface area contributed by atoms with E-state index < -0.39 is 0 Å². The molecule has 2 fully saturated rings. The fraction of sp³-hybridized carbons (Fsp3) is 0.429. The van der Waals surface area contributed by atoms with Crippen LogP contribution < -0.4 is 4.90 Å². The van der Waals surface area contributed by atoms with Gasteiger partial charge in [-0.2, -0.15) is 0 Å². The molecule has 2 aromatic heterocycles. The highest BCUT2D eigenvalue weighted by molar-refractivity contribution is 6.33. The molecule has 206 valence electrons. The van der Waals surface area contributed by atoms with E-state index in [9.17, 15) is 9.59 Å². The lowest BCUT2D eigenvalue weighted by atomic mass is 10.1. The monoisotopic (exact) mass is 552 g/mol. The van der Waals surface area contributed by atoms with Gasteiger partial charge in [-0.3, -0.25) is 14.5 Å². The van der Waals surface area contributed by atoms with Crippen LogP contribution in [0.5, 0.6) is 0 Å². The average Bonchev–Trinajstić information content (AvgIpc) is 3.40. The largest absolute Gasteiger partial charge is 0.459 e. The quantitative estimate of drug-likeness (QED) is 0.421. The zero-order chi connectivity index (χ0) is 27.0. The summed E-state index contributed by atoms with van der Waals surface area (Å²) in [4.78, 5) is 34.3. The standard InChI is InChI=1S/C28H33ClN6O4/c29-23-6-2-1-5-22(23)24-8-9-26(31-30-24)33-10-4-11-34(15-14-33)27(36)21-35(28(37)25-7-3-18-39-25)13-12-32-16-19-38-20-17-32/h1-3,5-9,18H,4,10-17,19-21H2. The second-order valence-corrected chi connectivity index (χ2v) is 10.0. The van der Waals surface area contributed by atoms with Crippen molar-refractivity contribution in [2.45, 2.75) is 6.42 Å². The maximum atomic E-state index is 13.4. The van der Waals surface area contributed by atoms with Crippen LogP contribution in [-0.2, 0) is 9.53 Å². The van der Waals surface area contributed by atoms with Crippen LogP contribution in [0.3, 0.4) is 0 Å². The van der Waals surface area contributed by atoms with Crippen molar-refractivity contribution in [3.63, 3.8) is 0 Å². The topological polar surface area (TPSA) is 95.2 Å². The Morgan fingerprint density at radius 1 is 0.923 bits per heavy atom. The SMILES string of the molecule is O=C(CN(CCN1CCOCC1)C(=O)c1ccco1)N1CCCN(c2ccc(-c3ccccc3Cl)nn2)CC1. The molecule has 0 atom stereocenters. The summed E-state index contributed by atoms with van der Waals surface area (Å²) in [6.45, 7) is 6.69. The highest BCUT2D eigenvalue weighted by Crippen LogP contribution is 2.26. The molecule has 2 saturated heterocycles. The van der Waals surface area contributed by atoms with Crippen LogP contribution in [-0.4, -0.2) is 109 Å². The van der Waals surface area contributed by atoms with Crippen molar-refractivity contribution in [3.8, 4) is 11.3 Å². The summed E-state index contributed by atoms with van der Waals surface area (Å²) in [6.07, 6.45) is 2.27. The number of carbonyl (C=O) groups is 2. The van der Waals surface area contributed by atoms with Gasteiger partial charge in [-0.15, -0.1) is 10.2 Å². The van der Waals surface area contributed by atoms with Crippen LogP contribution in [0.15, 0.2) is 59.2 Å². The van der Waals surface area contributed by atoms with Gasteiger partial charge in [-0.05, 0) is 36.8 Å². The molecular formula is C28H33ClN6O4. The van der Waals surface area contributed by atoms with E-state index in [1.807, 2.05) is 41.3 Å². The molecule has 1 aromatic carbocycles. The van der Waals surface area contributed by atoms with E-state index >= 15 is 0 Å². The molecule has 2 aliphatic rings. The molecule has 2 aliphatic heterocycles. The number of aromatic nitrogens is 2. The van der Waals surface area contributed by atoms with Gasteiger partial charge in [-0.25, -0.2) is 0 Å². The number of anilines is 1. The minimum atomic E-state index is -0.271. The first-order valence-electron chi connectivity index (χ1n) is 13.3. The normalized spacial score (nSPS) is 16.6. The van der Waals surface area contributed by atoms with Crippen LogP contribution in [0, 0.1) is 0 Å². The number of carbonyl (C=O) groups excluding carboxylic acids is 2. The van der Waals surface area contributed by atoms with Crippen LogP contribution in [0.4, 0.5) is 5.82 Å². The highest BCUT2D eigenvalue weighted by atomic mass is 35.5. The predicted octanol–water partition coefficient (Wildman–Crippen LogP) is 2.90. The van der Waals surface area contributed by atoms with Crippen LogP contribution in [0.25, 0.3) is 11.3 Å². The second kappa shape index (κ2) is 13.1. The third-order valence-corrected chi connectivity index (χ3v) is 7.44. The van der Waals surface area contributed by atoms with Crippen molar-refractivity contribution >= 4 is 29.2 Å². The lowest BCUT2D eigenvalue weighted by Crippen LogP contribution is -2.47. The van der Waals surface area contributed by atoms with Crippen LogP contribution in [0.2, 0.25) is 5.02 Å². The molecule has 11 heteroatoms. The Morgan fingerprint density at radius 2 is 1.77 bits per heavy atom. The third kappa shape index (κ3) is 6.95. The Hall–Kier alpha value is -3.47. The molecule has 4 heterocycles. The summed E-state index contributed by atoms with van der Waals surface area (Å²) < 4.78 is 10.8. The van der Waals surface area contributed by atoms with Gasteiger partial charge in [0.2, 0.25) is 5.91 Å². The summed E-state index contributed by atoms with van der Waals surface area (Å²) in [5.74, 6) is 0.664. The molecular weight excluding hydrogens is 520 g/mol. The van der Waals surface area contributed by atoms with Crippen molar-refractivity contribution in [1.82, 2.24) is 24.9 Å². The first kappa shape index (κ1) is 27.1. The van der Waals surface area contributed by atoms with E-state index in [4.69, 9.17) is 20.8 Å². The number of morpholine rings is 1. The van der Waals surface area contributed by atoms with Gasteiger partial charge in [0.15, 0.2) is 11.6 Å². The summed E-state index contributed by atoms with van der Waals surface area (Å²) in [6, 6.07) is 14.7. The van der Waals surface area contributed by atoms with E-state index in [1.54, 1.807) is 17.0 Å². The number of benzene rings is 1. The number of halogens is 1. The maximum absolute atomic E-state index is 13.4. The Labute approximate surface area is 233 Å². The lowest BCUT2D eigenvalue weighted by Gasteiger charge is -2.30. The van der Waals surface area contributed by atoms with Gasteiger partial charge >= 0.3 is 0 Å². The molecule has 10 nitrogen and oxygen atoms in total. The Morgan fingerprint density at radius 3 is 2.51 bits per heavy atom. The molecule has 0 spiro atoms. The molecule has 0 radical (unpaired) electrons. The number of ether oxygens (including phenoxy) is 1. The molecule has 0 saturated carbocycles. The van der Waals surface area contributed by atoms with Gasteiger partial charge in [-0.1, -0.05) is 29.8 Å². The minimum Gasteiger partial charge on any atom is -0.459 e. The fourth-order valence-electron chi connectivity index (χ4n) is 4.86. The second-order valence-electron chi connectivity index (χ2n) is 9.64. The molecule has 0 unspecified atom stereocenters. The predicted molar refractivity (Wildman–Crippen MR) is 148 cm³/mol. The average molecular weight is 553 g/mol. The van der Waals surface area contributed by atoms with Crippen LogP contribution >= 0.6 is 11.6 Å². The molecule has 39 heavy (non-hydrogen) atoms. The number of furan rings is 1. The van der Waals surface area contributed by atoms with Crippen molar-refractivity contribution in [1.29, 1.82) is 0 Å². The first-order valence-corrected chi connectivity index (χ1v) is 13.7. The van der Waals surface area contributed by atoms with Crippen molar-refractivity contribution in [3.05, 3.63) is 65.6 Å². The molecule has 0 bridgehead atoms. The molecule has 0 aliphatic carbocycles. The van der Waals surface area contributed by atoms with Gasteiger partial charge in [0.1, 0.15) is 6.54 Å². The summed E-state index contributed by atoms with van der Waals surface area (Å²) in [5.41, 5.74) is 1.56. The van der Waals surface area contributed by atoms with Gasteiger partial charge in [0.05, 0.1) is 30.2 Å². The van der Waals surface area contributed by atoms with E-state index in [2.05, 4.69) is 20.0 Å². The molecule has 3 aromatic rings. The van der Waals surface area contributed by atoms with E-state index in [1.165, 1.54) is 6.26 Å². The van der Waals surface area contributed by atoms with E-state index in [0.29, 0.717) is 51.0 Å². The van der Waals surface area contributed by atoms with Gasteiger partial charge in [0, 0.05) is 57.9 Å².